The number of ether oxygens (including phenoxy) is 1. The highest BCUT2D eigenvalue weighted by Gasteiger charge is 2.16. The number of carbonyl (C=O) groups excluding carboxylic acids is 1. The average Bonchev–Trinajstić information content (AvgIpc) is 3.06. The Morgan fingerprint density at radius 2 is 1.88 bits per heavy atom. The summed E-state index contributed by atoms with van der Waals surface area (Å²) in [6, 6.07) is 15.2. The van der Waals surface area contributed by atoms with Gasteiger partial charge >= 0.3 is 0 Å². The monoisotopic (exact) mass is 417 g/mol. The van der Waals surface area contributed by atoms with Gasteiger partial charge in [-0.3, -0.25) is 9.48 Å². The number of rotatable bonds is 6. The molecule has 0 aliphatic carbocycles. The van der Waals surface area contributed by atoms with E-state index in [0.29, 0.717) is 18.1 Å². The van der Waals surface area contributed by atoms with Gasteiger partial charge in [0.1, 0.15) is 11.6 Å². The number of hydrogen-bond acceptors (Lipinski definition) is 3. The molecule has 26 heavy (non-hydrogen) atoms. The van der Waals surface area contributed by atoms with E-state index < -0.39 is 6.10 Å². The normalized spacial score (nSPS) is 11.8. The zero-order valence-corrected chi connectivity index (χ0v) is 15.6. The lowest BCUT2D eigenvalue weighted by atomic mass is 10.2. The second-order valence-corrected chi connectivity index (χ2v) is 6.64. The molecule has 1 aromatic heterocycles. The molecule has 0 unspecified atom stereocenters. The Kier molecular flexibility index (Phi) is 5.68. The first kappa shape index (κ1) is 18.1. The number of benzene rings is 2. The lowest BCUT2D eigenvalue weighted by Gasteiger charge is -2.13. The van der Waals surface area contributed by atoms with Gasteiger partial charge in [-0.1, -0.05) is 28.1 Å². The second kappa shape index (κ2) is 8.14. The van der Waals surface area contributed by atoms with E-state index in [9.17, 15) is 9.18 Å². The maximum atomic E-state index is 12.9. The van der Waals surface area contributed by atoms with Crippen LogP contribution in [0.4, 0.5) is 10.2 Å². The van der Waals surface area contributed by atoms with Crippen molar-refractivity contribution in [1.29, 1.82) is 0 Å². The minimum atomic E-state index is -0.668. The molecule has 0 saturated carbocycles. The van der Waals surface area contributed by atoms with E-state index >= 15 is 0 Å². The van der Waals surface area contributed by atoms with E-state index in [1.54, 1.807) is 48.1 Å². The average molecular weight is 418 g/mol. The van der Waals surface area contributed by atoms with Crippen molar-refractivity contribution in [3.05, 3.63) is 76.6 Å². The molecule has 1 heterocycles. The van der Waals surface area contributed by atoms with Gasteiger partial charge in [0.05, 0.1) is 6.54 Å². The molecular weight excluding hydrogens is 401 g/mol. The standard InChI is InChI=1S/C19H17BrFN3O2/c1-13(26-17-8-4-15(20)5-9-17)19(25)22-18-10-11-24(23-18)12-14-2-6-16(21)7-3-14/h2-11,13H,12H2,1H3,(H,22,23,25)/t13-/m0/s1. The smallest absolute Gasteiger partial charge is 0.266 e. The summed E-state index contributed by atoms with van der Waals surface area (Å²) >= 11 is 3.35. The summed E-state index contributed by atoms with van der Waals surface area (Å²) in [5.74, 6) is 0.475. The summed E-state index contributed by atoms with van der Waals surface area (Å²) in [4.78, 5) is 12.3. The van der Waals surface area contributed by atoms with Crippen LogP contribution in [0.1, 0.15) is 12.5 Å². The van der Waals surface area contributed by atoms with E-state index in [1.165, 1.54) is 12.1 Å². The van der Waals surface area contributed by atoms with Crippen LogP contribution in [-0.2, 0) is 11.3 Å². The molecule has 1 atom stereocenters. The fourth-order valence-corrected chi connectivity index (χ4v) is 2.56. The fraction of sp³-hybridized carbons (Fsp3) is 0.158. The molecule has 3 rings (SSSR count). The molecular formula is C19H17BrFN3O2. The number of anilines is 1. The van der Waals surface area contributed by atoms with Gasteiger partial charge in [0.2, 0.25) is 0 Å². The van der Waals surface area contributed by atoms with Crippen molar-refractivity contribution >= 4 is 27.7 Å². The second-order valence-electron chi connectivity index (χ2n) is 5.73. The van der Waals surface area contributed by atoms with E-state index in [0.717, 1.165) is 10.0 Å². The molecule has 5 nitrogen and oxygen atoms in total. The number of aromatic nitrogens is 2. The van der Waals surface area contributed by atoms with Gasteiger partial charge in [0.25, 0.3) is 5.91 Å². The maximum absolute atomic E-state index is 12.9. The van der Waals surface area contributed by atoms with Crippen molar-refractivity contribution in [2.45, 2.75) is 19.6 Å². The Hall–Kier alpha value is -2.67. The number of hydrogen-bond donors (Lipinski definition) is 1. The molecule has 0 aliphatic heterocycles. The quantitative estimate of drug-likeness (QED) is 0.652. The van der Waals surface area contributed by atoms with Crippen LogP contribution in [-0.4, -0.2) is 21.8 Å². The van der Waals surface area contributed by atoms with Crippen LogP contribution in [0.3, 0.4) is 0 Å². The molecule has 3 aromatic rings. The molecule has 134 valence electrons. The highest BCUT2D eigenvalue weighted by Crippen LogP contribution is 2.17. The van der Waals surface area contributed by atoms with Gasteiger partial charge in [0, 0.05) is 16.7 Å². The largest absolute Gasteiger partial charge is 0.481 e. The van der Waals surface area contributed by atoms with Crippen molar-refractivity contribution in [2.24, 2.45) is 0 Å². The Balaban J connectivity index is 1.56. The summed E-state index contributed by atoms with van der Waals surface area (Å²) < 4.78 is 21.2. The number of halogens is 2. The number of carbonyl (C=O) groups is 1. The lowest BCUT2D eigenvalue weighted by molar-refractivity contribution is -0.122. The van der Waals surface area contributed by atoms with Crippen LogP contribution in [0.5, 0.6) is 5.75 Å². The summed E-state index contributed by atoms with van der Waals surface area (Å²) in [7, 11) is 0. The Bertz CT molecular complexity index is 879. The highest BCUT2D eigenvalue weighted by atomic mass is 79.9. The van der Waals surface area contributed by atoms with Crippen molar-refractivity contribution < 1.29 is 13.9 Å². The molecule has 0 aliphatic rings. The summed E-state index contributed by atoms with van der Waals surface area (Å²) in [6.07, 6.45) is 1.08. The number of amides is 1. The molecule has 0 fully saturated rings. The molecule has 0 spiro atoms. The van der Waals surface area contributed by atoms with E-state index in [2.05, 4.69) is 26.3 Å². The molecule has 1 N–H and O–H groups in total. The number of nitrogens with zero attached hydrogens (tertiary/aromatic N) is 2. The Labute approximate surface area is 158 Å². The SMILES string of the molecule is C[C@H](Oc1ccc(Br)cc1)C(=O)Nc1ccn(Cc2ccc(F)cc2)n1. The molecule has 0 radical (unpaired) electrons. The van der Waals surface area contributed by atoms with Crippen LogP contribution in [0.25, 0.3) is 0 Å². The predicted octanol–water partition coefficient (Wildman–Crippen LogP) is 4.24. The van der Waals surface area contributed by atoms with E-state index in [4.69, 9.17) is 4.74 Å². The summed E-state index contributed by atoms with van der Waals surface area (Å²) in [5.41, 5.74) is 0.916. The van der Waals surface area contributed by atoms with Gasteiger partial charge in [-0.25, -0.2) is 4.39 Å². The fourth-order valence-electron chi connectivity index (χ4n) is 2.29. The predicted molar refractivity (Wildman–Crippen MR) is 101 cm³/mol. The third kappa shape index (κ3) is 4.92. The zero-order chi connectivity index (χ0) is 18.5. The Morgan fingerprint density at radius 3 is 2.58 bits per heavy atom. The van der Waals surface area contributed by atoms with E-state index in [-0.39, 0.29) is 11.7 Å². The summed E-state index contributed by atoms with van der Waals surface area (Å²) in [6.45, 7) is 2.16. The molecule has 0 saturated heterocycles. The van der Waals surface area contributed by atoms with Crippen molar-refractivity contribution in [1.82, 2.24) is 9.78 Å². The lowest BCUT2D eigenvalue weighted by Crippen LogP contribution is -2.30. The third-order valence-electron chi connectivity index (χ3n) is 3.65. The van der Waals surface area contributed by atoms with Gasteiger partial charge < -0.3 is 10.1 Å². The van der Waals surface area contributed by atoms with Crippen LogP contribution < -0.4 is 10.1 Å². The molecule has 2 aromatic carbocycles. The minimum Gasteiger partial charge on any atom is -0.481 e. The van der Waals surface area contributed by atoms with Crippen LogP contribution >= 0.6 is 15.9 Å². The molecule has 1 amide bonds. The zero-order valence-electron chi connectivity index (χ0n) is 14.0. The van der Waals surface area contributed by atoms with Crippen LogP contribution in [0.2, 0.25) is 0 Å². The molecule has 7 heteroatoms. The van der Waals surface area contributed by atoms with Crippen molar-refractivity contribution in [3.63, 3.8) is 0 Å². The topological polar surface area (TPSA) is 56.1 Å². The third-order valence-corrected chi connectivity index (χ3v) is 4.17. The van der Waals surface area contributed by atoms with E-state index in [1.807, 2.05) is 12.1 Å². The first-order chi connectivity index (χ1) is 12.5. The maximum Gasteiger partial charge on any atom is 0.266 e. The molecule has 0 bridgehead atoms. The van der Waals surface area contributed by atoms with Gasteiger partial charge in [-0.15, -0.1) is 0 Å². The Morgan fingerprint density at radius 1 is 1.19 bits per heavy atom. The summed E-state index contributed by atoms with van der Waals surface area (Å²) in [5, 5.41) is 7.02. The first-order valence-electron chi connectivity index (χ1n) is 8.00. The van der Waals surface area contributed by atoms with Crippen LogP contribution in [0.15, 0.2) is 65.3 Å². The first-order valence-corrected chi connectivity index (χ1v) is 8.80. The number of nitrogens with one attached hydrogen (secondary N) is 1. The van der Waals surface area contributed by atoms with Gasteiger partial charge in [0.15, 0.2) is 11.9 Å². The van der Waals surface area contributed by atoms with Gasteiger partial charge in [-0.05, 0) is 48.9 Å². The highest BCUT2D eigenvalue weighted by molar-refractivity contribution is 9.10. The van der Waals surface area contributed by atoms with Crippen molar-refractivity contribution in [2.75, 3.05) is 5.32 Å². The minimum absolute atomic E-state index is 0.276. The van der Waals surface area contributed by atoms with Gasteiger partial charge in [-0.2, -0.15) is 5.10 Å². The van der Waals surface area contributed by atoms with Crippen molar-refractivity contribution in [3.8, 4) is 5.75 Å². The van der Waals surface area contributed by atoms with Crippen LogP contribution in [0, 0.1) is 5.82 Å².